The van der Waals surface area contributed by atoms with Gasteiger partial charge in [-0.2, -0.15) is 0 Å². The van der Waals surface area contributed by atoms with Crippen LogP contribution in [0.4, 0.5) is 4.79 Å². The van der Waals surface area contributed by atoms with Crippen LogP contribution in [0, 0.1) is 5.41 Å². The number of carbonyl (C=O) groups is 2. The van der Waals surface area contributed by atoms with Crippen LogP contribution in [0.15, 0.2) is 0 Å². The van der Waals surface area contributed by atoms with Gasteiger partial charge in [0.1, 0.15) is 6.04 Å². The van der Waals surface area contributed by atoms with Crippen LogP contribution < -0.4 is 5.32 Å². The predicted octanol–water partition coefficient (Wildman–Crippen LogP) is 1.31. The van der Waals surface area contributed by atoms with Crippen LogP contribution in [-0.4, -0.2) is 53.8 Å². The molecule has 1 aliphatic heterocycles. The lowest BCUT2D eigenvalue weighted by Crippen LogP contribution is -2.56. The molecule has 0 radical (unpaired) electrons. The second-order valence-corrected chi connectivity index (χ2v) is 5.93. The van der Waals surface area contributed by atoms with Crippen LogP contribution in [0.1, 0.15) is 34.1 Å². The van der Waals surface area contributed by atoms with Crippen LogP contribution in [0.5, 0.6) is 0 Å². The number of hydrogen-bond donors (Lipinski definition) is 2. The van der Waals surface area contributed by atoms with Gasteiger partial charge in [0.25, 0.3) is 0 Å². The number of aliphatic carboxylic acids is 1. The summed E-state index contributed by atoms with van der Waals surface area (Å²) in [5, 5.41) is 11.8. The average molecular weight is 272 g/mol. The number of amides is 2. The lowest BCUT2D eigenvalue weighted by molar-refractivity contribution is -0.142. The van der Waals surface area contributed by atoms with E-state index in [1.165, 1.54) is 0 Å². The Bertz CT molecular complexity index is 338. The summed E-state index contributed by atoms with van der Waals surface area (Å²) in [6.07, 6.45) is 0.878. The maximum Gasteiger partial charge on any atom is 0.326 e. The number of carbonyl (C=O) groups excluding carboxylic acids is 1. The summed E-state index contributed by atoms with van der Waals surface area (Å²) in [4.78, 5) is 25.0. The largest absolute Gasteiger partial charge is 0.480 e. The lowest BCUT2D eigenvalue weighted by atomic mass is 9.87. The molecule has 1 fully saturated rings. The molecule has 0 saturated carbocycles. The minimum Gasteiger partial charge on any atom is -0.480 e. The predicted molar refractivity (Wildman–Crippen MR) is 71.0 cm³/mol. The first kappa shape index (κ1) is 15.8. The van der Waals surface area contributed by atoms with E-state index < -0.39 is 17.4 Å². The van der Waals surface area contributed by atoms with Crippen molar-refractivity contribution in [2.45, 2.75) is 46.3 Å². The van der Waals surface area contributed by atoms with E-state index in [0.29, 0.717) is 19.7 Å². The van der Waals surface area contributed by atoms with Gasteiger partial charge < -0.3 is 20.1 Å². The molecular formula is C13H24N2O4. The van der Waals surface area contributed by atoms with Crippen molar-refractivity contribution in [2.75, 3.05) is 19.7 Å². The minimum atomic E-state index is -1.01. The number of carboxylic acids is 1. The first-order chi connectivity index (χ1) is 8.75. The summed E-state index contributed by atoms with van der Waals surface area (Å²) in [7, 11) is 0. The molecule has 0 aromatic rings. The molecule has 0 aromatic heterocycles. The standard InChI is InChI=1S/C13H24N2O4/c1-5-9-8-15(6-7-19-9)12(18)14-10(11(16)17)13(2,3)4/h9-10H,5-8H2,1-4H3,(H,14,18)(H,16,17)/t9?,10-/m1/s1. The van der Waals surface area contributed by atoms with Gasteiger partial charge in [0, 0.05) is 13.1 Å². The van der Waals surface area contributed by atoms with Crippen molar-refractivity contribution in [3.63, 3.8) is 0 Å². The van der Waals surface area contributed by atoms with Crippen molar-refractivity contribution < 1.29 is 19.4 Å². The van der Waals surface area contributed by atoms with Gasteiger partial charge in [-0.15, -0.1) is 0 Å². The van der Waals surface area contributed by atoms with Crippen LogP contribution in [-0.2, 0) is 9.53 Å². The van der Waals surface area contributed by atoms with Crippen molar-refractivity contribution >= 4 is 12.0 Å². The average Bonchev–Trinajstić information content (AvgIpc) is 2.33. The van der Waals surface area contributed by atoms with E-state index in [4.69, 9.17) is 4.74 Å². The molecular weight excluding hydrogens is 248 g/mol. The number of rotatable bonds is 3. The highest BCUT2D eigenvalue weighted by atomic mass is 16.5. The zero-order chi connectivity index (χ0) is 14.6. The Kier molecular flexibility index (Phi) is 5.17. The fourth-order valence-corrected chi connectivity index (χ4v) is 2.01. The van der Waals surface area contributed by atoms with Gasteiger partial charge in [-0.1, -0.05) is 27.7 Å². The van der Waals surface area contributed by atoms with Gasteiger partial charge in [-0.05, 0) is 11.8 Å². The van der Waals surface area contributed by atoms with Crippen LogP contribution in [0.25, 0.3) is 0 Å². The monoisotopic (exact) mass is 272 g/mol. The molecule has 6 heteroatoms. The SMILES string of the molecule is CCC1CN(C(=O)N[C@H](C(=O)O)C(C)(C)C)CCO1. The summed E-state index contributed by atoms with van der Waals surface area (Å²) >= 11 is 0. The summed E-state index contributed by atoms with van der Waals surface area (Å²) in [5.74, 6) is -1.01. The smallest absolute Gasteiger partial charge is 0.326 e. The van der Waals surface area contributed by atoms with Crippen molar-refractivity contribution in [2.24, 2.45) is 5.41 Å². The highest BCUT2D eigenvalue weighted by Crippen LogP contribution is 2.20. The van der Waals surface area contributed by atoms with E-state index in [2.05, 4.69) is 5.32 Å². The number of nitrogens with zero attached hydrogens (tertiary/aromatic N) is 1. The van der Waals surface area contributed by atoms with Gasteiger partial charge in [0.05, 0.1) is 12.7 Å². The van der Waals surface area contributed by atoms with E-state index in [9.17, 15) is 14.7 Å². The van der Waals surface area contributed by atoms with Gasteiger partial charge in [-0.3, -0.25) is 0 Å². The molecule has 1 heterocycles. The first-order valence-electron chi connectivity index (χ1n) is 6.65. The molecule has 0 aromatic carbocycles. The molecule has 2 N–H and O–H groups in total. The van der Waals surface area contributed by atoms with Crippen molar-refractivity contribution in [1.82, 2.24) is 10.2 Å². The molecule has 1 saturated heterocycles. The Labute approximate surface area is 114 Å². The van der Waals surface area contributed by atoms with Gasteiger partial charge in [0.15, 0.2) is 0 Å². The maximum atomic E-state index is 12.1. The Balaban J connectivity index is 2.64. The van der Waals surface area contributed by atoms with E-state index in [0.717, 1.165) is 6.42 Å². The van der Waals surface area contributed by atoms with Crippen molar-refractivity contribution in [3.05, 3.63) is 0 Å². The molecule has 110 valence electrons. The highest BCUT2D eigenvalue weighted by Gasteiger charge is 2.34. The Morgan fingerprint density at radius 3 is 2.58 bits per heavy atom. The Morgan fingerprint density at radius 1 is 1.47 bits per heavy atom. The van der Waals surface area contributed by atoms with Crippen LogP contribution >= 0.6 is 0 Å². The van der Waals surface area contributed by atoms with E-state index in [1.54, 1.807) is 25.7 Å². The van der Waals surface area contributed by atoms with Gasteiger partial charge >= 0.3 is 12.0 Å². The third kappa shape index (κ3) is 4.38. The normalized spacial score (nSPS) is 21.9. The Hall–Kier alpha value is -1.30. The number of carboxylic acid groups (broad SMARTS) is 1. The number of hydrogen-bond acceptors (Lipinski definition) is 3. The second-order valence-electron chi connectivity index (χ2n) is 5.93. The molecule has 2 amide bonds. The van der Waals surface area contributed by atoms with E-state index in [-0.39, 0.29) is 12.1 Å². The first-order valence-corrected chi connectivity index (χ1v) is 6.65. The number of urea groups is 1. The summed E-state index contributed by atoms with van der Waals surface area (Å²) in [6.45, 7) is 8.89. The molecule has 1 unspecified atom stereocenters. The third-order valence-corrected chi connectivity index (χ3v) is 3.26. The number of nitrogens with one attached hydrogen (secondary N) is 1. The van der Waals surface area contributed by atoms with Crippen LogP contribution in [0.2, 0.25) is 0 Å². The molecule has 0 spiro atoms. The molecule has 19 heavy (non-hydrogen) atoms. The molecule has 1 aliphatic rings. The quantitative estimate of drug-likeness (QED) is 0.812. The fourth-order valence-electron chi connectivity index (χ4n) is 2.01. The third-order valence-electron chi connectivity index (χ3n) is 3.26. The summed E-state index contributed by atoms with van der Waals surface area (Å²) in [6, 6.07) is -1.23. The topological polar surface area (TPSA) is 78.9 Å². The molecule has 0 bridgehead atoms. The lowest BCUT2D eigenvalue weighted by Gasteiger charge is -2.35. The number of morpholine rings is 1. The van der Waals surface area contributed by atoms with Crippen molar-refractivity contribution in [3.8, 4) is 0 Å². The van der Waals surface area contributed by atoms with E-state index >= 15 is 0 Å². The molecule has 0 aliphatic carbocycles. The minimum absolute atomic E-state index is 0.0393. The second kappa shape index (κ2) is 6.23. The zero-order valence-corrected chi connectivity index (χ0v) is 12.1. The van der Waals surface area contributed by atoms with Gasteiger partial charge in [0.2, 0.25) is 0 Å². The maximum absolute atomic E-state index is 12.1. The molecule has 6 nitrogen and oxygen atoms in total. The summed E-state index contributed by atoms with van der Waals surface area (Å²) < 4.78 is 5.49. The highest BCUT2D eigenvalue weighted by molar-refractivity contribution is 5.83. The zero-order valence-electron chi connectivity index (χ0n) is 12.1. The molecule has 1 rings (SSSR count). The van der Waals surface area contributed by atoms with Crippen molar-refractivity contribution in [1.29, 1.82) is 0 Å². The Morgan fingerprint density at radius 2 is 2.11 bits per heavy atom. The number of ether oxygens (including phenoxy) is 1. The summed E-state index contributed by atoms with van der Waals surface area (Å²) in [5.41, 5.74) is -0.530. The van der Waals surface area contributed by atoms with Gasteiger partial charge in [-0.25, -0.2) is 9.59 Å². The van der Waals surface area contributed by atoms with Crippen LogP contribution in [0.3, 0.4) is 0 Å². The molecule has 2 atom stereocenters. The fraction of sp³-hybridized carbons (Fsp3) is 0.846. The van der Waals surface area contributed by atoms with E-state index in [1.807, 2.05) is 6.92 Å².